The van der Waals surface area contributed by atoms with Gasteiger partial charge in [-0.25, -0.2) is 0 Å². The molecule has 9 aromatic rings. The van der Waals surface area contributed by atoms with E-state index in [0.29, 0.717) is 5.92 Å². The van der Waals surface area contributed by atoms with Crippen molar-refractivity contribution in [3.05, 3.63) is 279 Å². The molecule has 4 aliphatic carbocycles. The Morgan fingerprint density at radius 1 is 0.500 bits per heavy atom. The molecular weight excluding hydrogens is 843 g/mol. The van der Waals surface area contributed by atoms with Crippen molar-refractivity contribution in [1.29, 1.82) is 0 Å². The molecule has 0 radical (unpaired) electrons. The molecular formula is C69H55N. The Balaban J connectivity index is 1.10. The molecule has 3 unspecified atom stereocenters. The molecule has 0 fully saturated rings. The predicted molar refractivity (Wildman–Crippen MR) is 296 cm³/mol. The van der Waals surface area contributed by atoms with Gasteiger partial charge >= 0.3 is 0 Å². The SMILES string of the molecule is CC1C=c2ccccc2=C(N(c2ccccc2)c2ccc(C3=c4c5c(c6cc(-c7ccccc7)ccc6c4=C(c4ccccc4)CC3C3=CCCC=C3)CC(c3ccc4ccccc4c3)C=C5)cc2)C1. The molecule has 0 saturated heterocycles. The van der Waals surface area contributed by atoms with Crippen LogP contribution in [0.5, 0.6) is 0 Å². The Morgan fingerprint density at radius 3 is 1.99 bits per heavy atom. The van der Waals surface area contributed by atoms with E-state index < -0.39 is 0 Å². The third-order valence-corrected chi connectivity index (χ3v) is 15.5. The minimum atomic E-state index is 0.170. The van der Waals surface area contributed by atoms with Crippen LogP contribution >= 0.6 is 0 Å². The highest BCUT2D eigenvalue weighted by Gasteiger charge is 2.32. The molecule has 1 heteroatoms. The molecule has 0 aromatic heterocycles. The van der Waals surface area contributed by atoms with Gasteiger partial charge in [0, 0.05) is 34.1 Å². The largest absolute Gasteiger partial charge is 0.314 e. The van der Waals surface area contributed by atoms with Crippen LogP contribution in [-0.2, 0) is 6.42 Å². The third kappa shape index (κ3) is 7.49. The van der Waals surface area contributed by atoms with Crippen molar-refractivity contribution in [1.82, 2.24) is 0 Å². The van der Waals surface area contributed by atoms with E-state index in [0.717, 1.165) is 32.1 Å². The molecule has 1 nitrogen and oxygen atoms in total. The molecule has 0 amide bonds. The first-order valence-corrected chi connectivity index (χ1v) is 25.4. The van der Waals surface area contributed by atoms with Gasteiger partial charge in [0.25, 0.3) is 0 Å². The number of nitrogens with zero attached hydrogens (tertiary/aromatic N) is 1. The fraction of sp³-hybridized carbons (Fsp3) is 0.130. The number of benzene rings is 9. The zero-order chi connectivity index (χ0) is 46.5. The first-order valence-electron chi connectivity index (χ1n) is 25.4. The summed E-state index contributed by atoms with van der Waals surface area (Å²) in [4.78, 5) is 2.52. The summed E-state index contributed by atoms with van der Waals surface area (Å²) >= 11 is 0. The molecule has 9 aromatic carbocycles. The highest BCUT2D eigenvalue weighted by Crippen LogP contribution is 2.43. The topological polar surface area (TPSA) is 3.24 Å². The Kier molecular flexibility index (Phi) is 10.7. The van der Waals surface area contributed by atoms with Crippen LogP contribution in [0.3, 0.4) is 0 Å². The van der Waals surface area contributed by atoms with Crippen LogP contribution in [0.25, 0.3) is 61.7 Å². The van der Waals surface area contributed by atoms with Gasteiger partial charge in [-0.1, -0.05) is 213 Å². The molecule has 0 N–H and O–H groups in total. The molecule has 4 aliphatic rings. The van der Waals surface area contributed by atoms with Crippen LogP contribution in [0.2, 0.25) is 0 Å². The van der Waals surface area contributed by atoms with E-state index in [1.54, 1.807) is 0 Å². The normalized spacial score (nSPS) is 18.2. The van der Waals surface area contributed by atoms with Gasteiger partial charge in [0.2, 0.25) is 0 Å². The second-order valence-electron chi connectivity index (χ2n) is 19.8. The van der Waals surface area contributed by atoms with Crippen molar-refractivity contribution in [2.45, 2.75) is 44.9 Å². The van der Waals surface area contributed by atoms with Crippen LogP contribution in [0.15, 0.2) is 230 Å². The Hall–Kier alpha value is -8.00. The summed E-state index contributed by atoms with van der Waals surface area (Å²) < 4.78 is 0. The highest BCUT2D eigenvalue weighted by molar-refractivity contribution is 5.98. The lowest BCUT2D eigenvalue weighted by Crippen LogP contribution is -2.41. The fourth-order valence-corrected chi connectivity index (χ4v) is 12.3. The van der Waals surface area contributed by atoms with Gasteiger partial charge in [0.05, 0.1) is 0 Å². The summed E-state index contributed by atoms with van der Waals surface area (Å²) in [6, 6.07) is 75.0. The number of rotatable bonds is 8. The van der Waals surface area contributed by atoms with Gasteiger partial charge in [0.1, 0.15) is 0 Å². The van der Waals surface area contributed by atoms with Crippen molar-refractivity contribution < 1.29 is 0 Å². The molecule has 0 spiro atoms. The molecule has 13 rings (SSSR count). The van der Waals surface area contributed by atoms with Gasteiger partial charge in [-0.05, 0) is 161 Å². The maximum Gasteiger partial charge on any atom is 0.0459 e. The first-order chi connectivity index (χ1) is 34.6. The zero-order valence-corrected chi connectivity index (χ0v) is 39.7. The zero-order valence-electron chi connectivity index (χ0n) is 39.7. The number of hydrogen-bond donors (Lipinski definition) is 0. The molecule has 336 valence electrons. The minimum absolute atomic E-state index is 0.170. The second kappa shape index (κ2) is 17.8. The lowest BCUT2D eigenvalue weighted by molar-refractivity contribution is 0.773. The van der Waals surface area contributed by atoms with Crippen LogP contribution in [0.4, 0.5) is 11.4 Å². The monoisotopic (exact) mass is 897 g/mol. The van der Waals surface area contributed by atoms with Crippen molar-refractivity contribution in [3.63, 3.8) is 0 Å². The average molecular weight is 898 g/mol. The first kappa shape index (κ1) is 42.1. The van der Waals surface area contributed by atoms with Crippen molar-refractivity contribution in [2.75, 3.05) is 4.90 Å². The summed E-state index contributed by atoms with van der Waals surface area (Å²) in [7, 11) is 0. The molecule has 0 bridgehead atoms. The van der Waals surface area contributed by atoms with Crippen LogP contribution in [-0.4, -0.2) is 0 Å². The van der Waals surface area contributed by atoms with Crippen molar-refractivity contribution in [2.24, 2.45) is 11.8 Å². The van der Waals surface area contributed by atoms with E-state index in [-0.39, 0.29) is 11.8 Å². The number of allylic oxidation sites excluding steroid dienone is 5. The van der Waals surface area contributed by atoms with Crippen LogP contribution in [0.1, 0.15) is 66.3 Å². The van der Waals surface area contributed by atoms with E-state index in [2.05, 4.69) is 248 Å². The smallest absolute Gasteiger partial charge is 0.0459 e. The van der Waals surface area contributed by atoms with Gasteiger partial charge in [-0.15, -0.1) is 0 Å². The van der Waals surface area contributed by atoms with Crippen LogP contribution in [0, 0.1) is 11.8 Å². The van der Waals surface area contributed by atoms with E-state index in [1.807, 2.05) is 0 Å². The highest BCUT2D eigenvalue weighted by atomic mass is 15.1. The minimum Gasteiger partial charge on any atom is -0.314 e. The predicted octanol–water partition coefficient (Wildman–Crippen LogP) is 14.5. The summed E-state index contributed by atoms with van der Waals surface area (Å²) in [6.07, 6.45) is 19.8. The Labute approximate surface area is 411 Å². The van der Waals surface area contributed by atoms with E-state index in [1.165, 1.54) is 115 Å². The quantitative estimate of drug-likeness (QED) is 0.147. The van der Waals surface area contributed by atoms with Gasteiger partial charge < -0.3 is 4.90 Å². The molecule has 0 saturated carbocycles. The molecule has 70 heavy (non-hydrogen) atoms. The third-order valence-electron chi connectivity index (χ3n) is 15.5. The second-order valence-corrected chi connectivity index (χ2v) is 19.8. The van der Waals surface area contributed by atoms with E-state index in [9.17, 15) is 0 Å². The van der Waals surface area contributed by atoms with Crippen molar-refractivity contribution >= 4 is 61.9 Å². The summed E-state index contributed by atoms with van der Waals surface area (Å²) in [5, 5.41) is 10.7. The van der Waals surface area contributed by atoms with E-state index >= 15 is 0 Å². The molecule has 0 aliphatic heterocycles. The number of fused-ring (bicyclic) bond motifs is 8. The lowest BCUT2D eigenvalue weighted by atomic mass is 9.71. The van der Waals surface area contributed by atoms with Crippen molar-refractivity contribution in [3.8, 4) is 11.1 Å². The number of anilines is 2. The summed E-state index contributed by atoms with van der Waals surface area (Å²) in [6.45, 7) is 2.35. The number of hydrogen-bond acceptors (Lipinski definition) is 1. The fourth-order valence-electron chi connectivity index (χ4n) is 12.3. The Bertz CT molecular complexity index is 3860. The summed E-state index contributed by atoms with van der Waals surface area (Å²) in [5.74, 6) is 0.841. The molecule has 3 atom stereocenters. The van der Waals surface area contributed by atoms with Gasteiger partial charge in [0.15, 0.2) is 0 Å². The average Bonchev–Trinajstić information content (AvgIpc) is 3.43. The molecule has 0 heterocycles. The lowest BCUT2D eigenvalue weighted by Gasteiger charge is -2.33. The Morgan fingerprint density at radius 2 is 1.20 bits per heavy atom. The maximum absolute atomic E-state index is 2.53. The standard InChI is InChI=1S/C69H55N/c1-46-40-56-26-16-17-29-59(56)66(41-46)70(57-27-12-5-13-28-57)58-36-32-51(33-37-58)67-62(49-21-8-3-9-22-49)45-63(50-23-10-4-11-24-50)68-60-38-34-54(47-18-6-2-7-19-47)43-64(60)65-44-55(35-39-61(65)69(67)68)53-31-30-48-20-14-15-25-52(48)42-53/h2,4-8,10-40,42-43,46,55,62H,3,9,41,44-45H2,1H3. The van der Waals surface area contributed by atoms with Gasteiger partial charge in [-0.2, -0.15) is 0 Å². The van der Waals surface area contributed by atoms with Gasteiger partial charge in [-0.3, -0.25) is 0 Å². The van der Waals surface area contributed by atoms with E-state index in [4.69, 9.17) is 0 Å². The maximum atomic E-state index is 2.53. The van der Waals surface area contributed by atoms with Crippen LogP contribution < -0.4 is 25.8 Å². The number of para-hydroxylation sites is 1. The summed E-state index contributed by atoms with van der Waals surface area (Å²) in [5.41, 5.74) is 17.3.